The van der Waals surface area contributed by atoms with Gasteiger partial charge in [-0.25, -0.2) is 8.37 Å². The fraction of sp³-hybridized carbons (Fsp3) is 0.880. The minimum atomic E-state index is -4.01. The van der Waals surface area contributed by atoms with Crippen molar-refractivity contribution in [3.8, 4) is 0 Å². The maximum Gasteiger partial charge on any atom is 0.405 e. The lowest BCUT2D eigenvalue weighted by atomic mass is 9.45. The number of hydrogen-bond donors (Lipinski definition) is 1. The number of Topliss-reactive ketones (excluding diaryl/α,β-unsaturated/α-hetero) is 1. The maximum absolute atomic E-state index is 13.1. The van der Waals surface area contributed by atoms with Gasteiger partial charge in [0.1, 0.15) is 5.60 Å². The van der Waals surface area contributed by atoms with Gasteiger partial charge in [-0.3, -0.25) is 4.79 Å². The van der Waals surface area contributed by atoms with Crippen molar-refractivity contribution in [3.63, 3.8) is 0 Å². The van der Waals surface area contributed by atoms with Crippen LogP contribution in [0.2, 0.25) is 0 Å². The van der Waals surface area contributed by atoms with Gasteiger partial charge in [-0.2, -0.15) is 8.42 Å². The Hall–Kier alpha value is -0.800. The lowest BCUT2D eigenvalue weighted by molar-refractivity contribution is -0.296. The first-order valence-electron chi connectivity index (χ1n) is 12.6. The Morgan fingerprint density at radius 3 is 2.55 bits per heavy atom. The highest BCUT2D eigenvalue weighted by molar-refractivity contribution is 7.82. The predicted molar refractivity (Wildman–Crippen MR) is 121 cm³/mol. The van der Waals surface area contributed by atoms with Crippen LogP contribution in [0.5, 0.6) is 0 Å². The SMILES string of the molecule is CCCCO[C@@]1(C(C)=O)CCC2C3CC=C4C[C@H](O)CC5(OS(=O)(=O)O5)[C@]4(C)C3CC[C@@]21C. The molecule has 5 rings (SSSR count). The number of allylic oxidation sites excluding steroid dienone is 1. The van der Waals surface area contributed by atoms with Crippen LogP contribution >= 0.6 is 0 Å². The quantitative estimate of drug-likeness (QED) is 0.466. The minimum absolute atomic E-state index is 0.134. The van der Waals surface area contributed by atoms with E-state index in [9.17, 15) is 18.3 Å². The molecule has 4 aliphatic carbocycles. The van der Waals surface area contributed by atoms with E-state index >= 15 is 0 Å². The Bertz CT molecular complexity index is 961. The fourth-order valence-electron chi connectivity index (χ4n) is 8.62. The van der Waals surface area contributed by atoms with E-state index in [2.05, 4.69) is 26.8 Å². The maximum atomic E-state index is 13.1. The molecule has 7 nitrogen and oxygen atoms in total. The Morgan fingerprint density at radius 1 is 1.21 bits per heavy atom. The highest BCUT2D eigenvalue weighted by Crippen LogP contribution is 2.71. The first kappa shape index (κ1) is 23.9. The molecule has 0 amide bonds. The number of aliphatic hydroxyl groups is 1. The van der Waals surface area contributed by atoms with Crippen LogP contribution in [0.3, 0.4) is 0 Å². The van der Waals surface area contributed by atoms with Crippen LogP contribution in [0.1, 0.15) is 85.5 Å². The molecule has 5 aliphatic rings. The van der Waals surface area contributed by atoms with Gasteiger partial charge in [0, 0.05) is 23.9 Å². The average molecular weight is 483 g/mol. The zero-order chi connectivity index (χ0) is 23.9. The molecule has 4 fully saturated rings. The van der Waals surface area contributed by atoms with Crippen LogP contribution in [0.4, 0.5) is 0 Å². The topological polar surface area (TPSA) is 99.1 Å². The first-order chi connectivity index (χ1) is 15.4. The van der Waals surface area contributed by atoms with E-state index in [1.807, 2.05) is 0 Å². The van der Waals surface area contributed by atoms with Gasteiger partial charge in [0.05, 0.1) is 6.10 Å². The Morgan fingerprint density at radius 2 is 1.91 bits per heavy atom. The van der Waals surface area contributed by atoms with Crippen molar-refractivity contribution in [2.24, 2.45) is 28.6 Å². The summed E-state index contributed by atoms with van der Waals surface area (Å²) < 4.78 is 41.4. The molecular formula is C25H38O7S. The Labute approximate surface area is 197 Å². The molecule has 33 heavy (non-hydrogen) atoms. The van der Waals surface area contributed by atoms with Crippen molar-refractivity contribution in [2.75, 3.05) is 6.61 Å². The van der Waals surface area contributed by atoms with Gasteiger partial charge < -0.3 is 9.84 Å². The summed E-state index contributed by atoms with van der Waals surface area (Å²) in [5.41, 5.74) is -0.553. The van der Waals surface area contributed by atoms with Crippen molar-refractivity contribution < 1.29 is 31.4 Å². The molecule has 0 bridgehead atoms. The standard InChI is InChI=1S/C25H38O7S/c1-5-6-13-30-24(16(2)26)12-10-20-19-8-7-17-14-18(27)15-25(31-33(28,29)32-25)23(17,4)21(19)9-11-22(20,24)3/h7,18-21,27H,5-6,8-15H2,1-4H3/t18-,19?,20?,21?,22-,23-,24+/m0/s1. The number of unbranched alkanes of at least 4 members (excludes halogenated alkanes) is 1. The molecule has 3 unspecified atom stereocenters. The molecule has 0 aromatic rings. The van der Waals surface area contributed by atoms with Crippen LogP contribution in [0.25, 0.3) is 0 Å². The third-order valence-electron chi connectivity index (χ3n) is 10.2. The van der Waals surface area contributed by atoms with E-state index in [1.54, 1.807) is 6.92 Å². The van der Waals surface area contributed by atoms with Crippen molar-refractivity contribution in [2.45, 2.75) is 103 Å². The van der Waals surface area contributed by atoms with Gasteiger partial charge in [0.15, 0.2) is 5.78 Å². The molecule has 0 radical (unpaired) electrons. The highest BCUT2D eigenvalue weighted by atomic mass is 32.3. The van der Waals surface area contributed by atoms with E-state index < -0.39 is 33.3 Å². The summed E-state index contributed by atoms with van der Waals surface area (Å²) in [6.07, 6.45) is 8.40. The number of rotatable bonds is 5. The molecule has 1 spiro atoms. The summed E-state index contributed by atoms with van der Waals surface area (Å²) in [6, 6.07) is 0. The molecule has 1 saturated heterocycles. The Kier molecular flexibility index (Phi) is 5.51. The summed E-state index contributed by atoms with van der Waals surface area (Å²) in [4.78, 5) is 13.1. The van der Waals surface area contributed by atoms with Crippen LogP contribution in [-0.4, -0.2) is 43.4 Å². The third-order valence-corrected chi connectivity index (χ3v) is 11.2. The molecular weight excluding hydrogens is 444 g/mol. The van der Waals surface area contributed by atoms with Crippen molar-refractivity contribution in [3.05, 3.63) is 11.6 Å². The second-order valence-corrected chi connectivity index (χ2v) is 12.7. The number of ketones is 1. The number of ether oxygens (including phenoxy) is 1. The summed E-state index contributed by atoms with van der Waals surface area (Å²) in [6.45, 7) is 8.74. The molecule has 1 heterocycles. The second-order valence-electron chi connectivity index (χ2n) is 11.5. The number of carbonyl (C=O) groups is 1. The van der Waals surface area contributed by atoms with Crippen molar-refractivity contribution in [1.82, 2.24) is 0 Å². The van der Waals surface area contributed by atoms with Crippen molar-refractivity contribution >= 4 is 16.2 Å². The number of hydrogen-bond acceptors (Lipinski definition) is 7. The first-order valence-corrected chi connectivity index (χ1v) is 14.0. The second kappa shape index (κ2) is 7.60. The average Bonchev–Trinajstić information content (AvgIpc) is 3.01. The van der Waals surface area contributed by atoms with Crippen molar-refractivity contribution in [1.29, 1.82) is 0 Å². The monoisotopic (exact) mass is 482 g/mol. The van der Waals surface area contributed by atoms with E-state index in [0.717, 1.165) is 50.5 Å². The summed E-state index contributed by atoms with van der Waals surface area (Å²) in [7, 11) is -4.01. The summed E-state index contributed by atoms with van der Waals surface area (Å²) >= 11 is 0. The molecule has 1 N–H and O–H groups in total. The molecule has 0 aromatic carbocycles. The van der Waals surface area contributed by atoms with Gasteiger partial charge in [-0.05, 0) is 69.6 Å². The zero-order valence-electron chi connectivity index (χ0n) is 20.3. The van der Waals surface area contributed by atoms with E-state index in [1.165, 1.54) is 0 Å². The predicted octanol–water partition coefficient (Wildman–Crippen LogP) is 4.05. The lowest BCUT2D eigenvalue weighted by Crippen LogP contribution is -2.69. The summed E-state index contributed by atoms with van der Waals surface area (Å²) in [5, 5.41) is 10.5. The molecule has 0 aromatic heterocycles. The largest absolute Gasteiger partial charge is 0.405 e. The van der Waals surface area contributed by atoms with E-state index in [0.29, 0.717) is 18.9 Å². The van der Waals surface area contributed by atoms with Crippen LogP contribution in [0.15, 0.2) is 11.6 Å². The molecule has 3 saturated carbocycles. The summed E-state index contributed by atoms with van der Waals surface area (Å²) in [5.74, 6) is -0.445. The van der Waals surface area contributed by atoms with E-state index in [4.69, 9.17) is 13.1 Å². The normalized spacial score (nSPS) is 47.1. The smallest absolute Gasteiger partial charge is 0.393 e. The third kappa shape index (κ3) is 3.06. The van der Waals surface area contributed by atoms with Crippen LogP contribution in [0, 0.1) is 28.6 Å². The highest BCUT2D eigenvalue weighted by Gasteiger charge is 2.74. The Balaban J connectivity index is 1.51. The number of carbonyl (C=O) groups excluding carboxylic acids is 1. The lowest BCUT2D eigenvalue weighted by Gasteiger charge is -2.64. The molecule has 1 aliphatic heterocycles. The van der Waals surface area contributed by atoms with Gasteiger partial charge in [0.2, 0.25) is 5.79 Å². The minimum Gasteiger partial charge on any atom is -0.393 e. The van der Waals surface area contributed by atoms with Gasteiger partial charge in [0.25, 0.3) is 0 Å². The van der Waals surface area contributed by atoms with E-state index in [-0.39, 0.29) is 29.5 Å². The zero-order valence-corrected chi connectivity index (χ0v) is 21.1. The number of aliphatic hydroxyl groups excluding tert-OH is 1. The van der Waals surface area contributed by atoms with Gasteiger partial charge >= 0.3 is 10.4 Å². The number of fused-ring (bicyclic) bond motifs is 6. The van der Waals surface area contributed by atoms with Gasteiger partial charge in [-0.1, -0.05) is 38.8 Å². The van der Waals surface area contributed by atoms with Gasteiger partial charge in [-0.15, -0.1) is 0 Å². The van der Waals surface area contributed by atoms with Crippen LogP contribution < -0.4 is 0 Å². The molecule has 7 atom stereocenters. The fourth-order valence-corrected chi connectivity index (χ4v) is 9.77. The molecule has 186 valence electrons. The molecule has 8 heteroatoms. The van der Waals surface area contributed by atoms with Crippen LogP contribution in [-0.2, 0) is 28.3 Å².